The molecule has 0 spiro atoms. The first-order valence-corrected chi connectivity index (χ1v) is 8.86. The Morgan fingerprint density at radius 3 is 2.42 bits per heavy atom. The molecule has 1 aromatic rings. The Morgan fingerprint density at radius 1 is 1.12 bits per heavy atom. The summed E-state index contributed by atoms with van der Waals surface area (Å²) in [6.45, 7) is 1.33. The van der Waals surface area contributed by atoms with Crippen molar-refractivity contribution in [1.29, 1.82) is 0 Å². The predicted molar refractivity (Wildman–Crippen MR) is 91.9 cm³/mol. The molecule has 1 N–H and O–H groups in total. The first-order valence-electron chi connectivity index (χ1n) is 8.86. The van der Waals surface area contributed by atoms with E-state index in [0.29, 0.717) is 13.1 Å². The van der Waals surface area contributed by atoms with Crippen LogP contribution in [-0.4, -0.2) is 48.6 Å². The number of amides is 2. The van der Waals surface area contributed by atoms with E-state index in [9.17, 15) is 22.8 Å². The van der Waals surface area contributed by atoms with Crippen LogP contribution in [0.5, 0.6) is 0 Å². The van der Waals surface area contributed by atoms with Gasteiger partial charge >= 0.3 is 6.18 Å². The lowest BCUT2D eigenvalue weighted by atomic mass is 10.1. The highest BCUT2D eigenvalue weighted by molar-refractivity contribution is 6.05. The molecule has 26 heavy (non-hydrogen) atoms. The maximum atomic E-state index is 13.7. The lowest BCUT2D eigenvalue weighted by Gasteiger charge is -2.33. The third kappa shape index (κ3) is 4.17. The normalized spacial score (nSPS) is 22.2. The van der Waals surface area contributed by atoms with Gasteiger partial charge in [0.25, 0.3) is 0 Å². The van der Waals surface area contributed by atoms with Crippen molar-refractivity contribution in [2.45, 2.75) is 44.3 Å². The maximum absolute atomic E-state index is 13.7. The lowest BCUT2D eigenvalue weighted by molar-refractivity contribution is -0.158. The van der Waals surface area contributed by atoms with E-state index < -0.39 is 30.5 Å². The van der Waals surface area contributed by atoms with Gasteiger partial charge in [-0.05, 0) is 38.1 Å². The summed E-state index contributed by atoms with van der Waals surface area (Å²) in [7, 11) is 0. The van der Waals surface area contributed by atoms with Crippen LogP contribution in [0.25, 0.3) is 0 Å². The summed E-state index contributed by atoms with van der Waals surface area (Å²) in [6, 6.07) is 3.98. The molecule has 8 heteroatoms. The molecule has 1 saturated heterocycles. The van der Waals surface area contributed by atoms with E-state index in [1.54, 1.807) is 12.1 Å². The van der Waals surface area contributed by atoms with Crippen molar-refractivity contribution in [1.82, 2.24) is 4.90 Å². The second-order valence-electron chi connectivity index (χ2n) is 6.78. The third-order valence-corrected chi connectivity index (χ3v) is 4.83. The van der Waals surface area contributed by atoms with Crippen molar-refractivity contribution in [2.24, 2.45) is 0 Å². The summed E-state index contributed by atoms with van der Waals surface area (Å²) in [4.78, 5) is 27.5. The molecule has 0 aromatic heterocycles. The Hall–Kier alpha value is -2.09. The summed E-state index contributed by atoms with van der Waals surface area (Å²) in [5.41, 5.74) is 0.328. The lowest BCUT2D eigenvalue weighted by Crippen LogP contribution is -2.52. The molecule has 0 aliphatic carbocycles. The topological polar surface area (TPSA) is 52.7 Å². The van der Waals surface area contributed by atoms with Crippen LogP contribution in [0, 0.1) is 0 Å². The van der Waals surface area contributed by atoms with Crippen LogP contribution in [0.4, 0.5) is 24.5 Å². The average molecular weight is 369 g/mol. The Labute approximate surface area is 150 Å². The van der Waals surface area contributed by atoms with Gasteiger partial charge in [0.1, 0.15) is 6.04 Å². The molecule has 1 aromatic carbocycles. The number of anilines is 2. The number of para-hydroxylation sites is 2. The monoisotopic (exact) mass is 369 g/mol. The van der Waals surface area contributed by atoms with Gasteiger partial charge in [0.15, 0.2) is 0 Å². The number of carbonyl (C=O) groups excluding carboxylic acids is 2. The van der Waals surface area contributed by atoms with Gasteiger partial charge in [-0.15, -0.1) is 0 Å². The number of hydrogen-bond donors (Lipinski definition) is 1. The number of alkyl halides is 3. The van der Waals surface area contributed by atoms with E-state index in [1.165, 1.54) is 12.1 Å². The SMILES string of the molecule is O=C1C[C@H](C(F)(F)F)N(C(=O)CN2CCCCCC2)c2ccccc2N1. The summed E-state index contributed by atoms with van der Waals surface area (Å²) >= 11 is 0. The van der Waals surface area contributed by atoms with Gasteiger partial charge in [-0.25, -0.2) is 0 Å². The zero-order chi connectivity index (χ0) is 18.7. The molecule has 0 unspecified atom stereocenters. The first kappa shape index (κ1) is 18.7. The van der Waals surface area contributed by atoms with E-state index in [0.717, 1.165) is 30.6 Å². The van der Waals surface area contributed by atoms with Gasteiger partial charge in [0.2, 0.25) is 11.8 Å². The molecule has 142 valence electrons. The predicted octanol–water partition coefficient (Wildman–Crippen LogP) is 3.17. The van der Waals surface area contributed by atoms with Crippen LogP contribution >= 0.6 is 0 Å². The van der Waals surface area contributed by atoms with Crippen molar-refractivity contribution >= 4 is 23.2 Å². The fourth-order valence-corrected chi connectivity index (χ4v) is 3.56. The second kappa shape index (κ2) is 7.65. The number of fused-ring (bicyclic) bond motifs is 1. The molecule has 0 radical (unpaired) electrons. The zero-order valence-electron chi connectivity index (χ0n) is 14.4. The van der Waals surface area contributed by atoms with Crippen LogP contribution < -0.4 is 10.2 Å². The molecular formula is C18H22F3N3O2. The number of halogens is 3. The van der Waals surface area contributed by atoms with E-state index in [1.807, 2.05) is 4.90 Å². The van der Waals surface area contributed by atoms with Crippen molar-refractivity contribution in [3.8, 4) is 0 Å². The highest BCUT2D eigenvalue weighted by Gasteiger charge is 2.49. The molecule has 2 aliphatic rings. The van der Waals surface area contributed by atoms with Crippen LogP contribution in [0.3, 0.4) is 0 Å². The van der Waals surface area contributed by atoms with E-state index in [-0.39, 0.29) is 17.9 Å². The molecule has 3 rings (SSSR count). The molecular weight excluding hydrogens is 347 g/mol. The molecule has 1 atom stereocenters. The highest BCUT2D eigenvalue weighted by Crippen LogP contribution is 2.37. The minimum atomic E-state index is -4.69. The smallest absolute Gasteiger partial charge is 0.324 e. The van der Waals surface area contributed by atoms with E-state index in [2.05, 4.69) is 5.32 Å². The maximum Gasteiger partial charge on any atom is 0.409 e. The third-order valence-electron chi connectivity index (χ3n) is 4.83. The van der Waals surface area contributed by atoms with Gasteiger partial charge in [0, 0.05) is 0 Å². The van der Waals surface area contributed by atoms with Crippen LogP contribution in [0.2, 0.25) is 0 Å². The minimum absolute atomic E-state index is 0.0743. The average Bonchev–Trinajstić information content (AvgIpc) is 2.90. The summed E-state index contributed by atoms with van der Waals surface area (Å²) in [5, 5.41) is 2.48. The van der Waals surface area contributed by atoms with Gasteiger partial charge in [-0.2, -0.15) is 13.2 Å². The summed E-state index contributed by atoms with van der Waals surface area (Å²) in [5.74, 6) is -1.37. The fraction of sp³-hybridized carbons (Fsp3) is 0.556. The van der Waals surface area contributed by atoms with Gasteiger partial charge in [-0.3, -0.25) is 19.4 Å². The Kier molecular flexibility index (Phi) is 5.50. The quantitative estimate of drug-likeness (QED) is 0.871. The van der Waals surface area contributed by atoms with Crippen LogP contribution in [-0.2, 0) is 9.59 Å². The number of hydrogen-bond acceptors (Lipinski definition) is 3. The standard InChI is InChI=1S/C18H22F3N3O2/c19-18(20,21)15-11-16(25)22-13-7-3-4-8-14(13)24(15)17(26)12-23-9-5-1-2-6-10-23/h3-4,7-8,15H,1-2,5-6,9-12H2,(H,22,25)/t15-/m1/s1. The van der Waals surface area contributed by atoms with Crippen LogP contribution in [0.15, 0.2) is 24.3 Å². The first-order chi connectivity index (χ1) is 12.4. The Bertz CT molecular complexity index is 670. The molecule has 2 aliphatic heterocycles. The number of likely N-dealkylation sites (tertiary alicyclic amines) is 1. The molecule has 2 heterocycles. The second-order valence-corrected chi connectivity index (χ2v) is 6.78. The van der Waals surface area contributed by atoms with E-state index >= 15 is 0 Å². The summed E-state index contributed by atoms with van der Waals surface area (Å²) < 4.78 is 41.0. The van der Waals surface area contributed by atoms with Crippen molar-refractivity contribution in [3.05, 3.63) is 24.3 Å². The minimum Gasteiger partial charge on any atom is -0.324 e. The number of nitrogens with zero attached hydrogens (tertiary/aromatic N) is 2. The number of benzene rings is 1. The van der Waals surface area contributed by atoms with Crippen LogP contribution in [0.1, 0.15) is 32.1 Å². The van der Waals surface area contributed by atoms with Crippen molar-refractivity contribution < 1.29 is 22.8 Å². The molecule has 2 amide bonds. The number of carbonyl (C=O) groups is 2. The van der Waals surface area contributed by atoms with E-state index in [4.69, 9.17) is 0 Å². The molecule has 0 saturated carbocycles. The molecule has 0 bridgehead atoms. The number of rotatable bonds is 2. The highest BCUT2D eigenvalue weighted by atomic mass is 19.4. The molecule has 5 nitrogen and oxygen atoms in total. The van der Waals surface area contributed by atoms with Gasteiger partial charge in [0.05, 0.1) is 24.3 Å². The van der Waals surface area contributed by atoms with Gasteiger partial charge in [-0.1, -0.05) is 25.0 Å². The summed E-state index contributed by atoms with van der Waals surface area (Å²) in [6.07, 6.45) is -1.48. The number of nitrogens with one attached hydrogen (secondary N) is 1. The van der Waals surface area contributed by atoms with Crippen molar-refractivity contribution in [3.63, 3.8) is 0 Å². The fourth-order valence-electron chi connectivity index (χ4n) is 3.56. The Morgan fingerprint density at radius 2 is 1.77 bits per heavy atom. The molecule has 1 fully saturated rings. The Balaban J connectivity index is 1.93. The van der Waals surface area contributed by atoms with Gasteiger partial charge < -0.3 is 5.32 Å². The van der Waals surface area contributed by atoms with Crippen molar-refractivity contribution in [2.75, 3.05) is 29.9 Å². The largest absolute Gasteiger partial charge is 0.409 e. The zero-order valence-corrected chi connectivity index (χ0v) is 14.4.